The molecule has 1 saturated heterocycles. The molecule has 0 spiro atoms. The van der Waals surface area contributed by atoms with E-state index >= 15 is 0 Å². The van der Waals surface area contributed by atoms with Gasteiger partial charge < -0.3 is 4.74 Å². The van der Waals surface area contributed by atoms with E-state index in [-0.39, 0.29) is 11.9 Å². The Morgan fingerprint density at radius 3 is 2.73 bits per heavy atom. The zero-order valence-corrected chi connectivity index (χ0v) is 19.0. The first-order valence-corrected chi connectivity index (χ1v) is 11.4. The maximum absolute atomic E-state index is 13.4. The molecule has 2 aromatic heterocycles. The Kier molecular flexibility index (Phi) is 6.38. The zero-order valence-electron chi connectivity index (χ0n) is 17.5. The van der Waals surface area contributed by atoms with Gasteiger partial charge in [-0.2, -0.15) is 5.10 Å². The zero-order chi connectivity index (χ0) is 21.3. The molecule has 1 amide bonds. The Bertz CT molecular complexity index is 1000. The first kappa shape index (κ1) is 21.2. The first-order valence-electron chi connectivity index (χ1n) is 10.2. The monoisotopic (exact) mass is 447 g/mol. The fraction of sp³-hybridized carbons (Fsp3) is 0.476. The number of thiazole rings is 1. The van der Waals surface area contributed by atoms with E-state index < -0.39 is 0 Å². The molecule has 1 aliphatic heterocycles. The molecular weight excluding hydrogens is 422 g/mol. The van der Waals surface area contributed by atoms with Crippen LogP contribution in [0.1, 0.15) is 35.9 Å². The molecule has 4 rings (SSSR count). The Labute approximate surface area is 185 Å². The highest BCUT2D eigenvalue weighted by atomic mass is 35.5. The fourth-order valence-electron chi connectivity index (χ4n) is 3.43. The van der Waals surface area contributed by atoms with Crippen LogP contribution in [0.2, 0.25) is 5.02 Å². The SMILES string of the molecule is Cc1ccc(Cl)c2sc(N(CCN3CCOCC3)C(=O)c3ccn(C(C)C)n3)nc12. The van der Waals surface area contributed by atoms with Crippen molar-refractivity contribution in [3.63, 3.8) is 0 Å². The minimum Gasteiger partial charge on any atom is -0.379 e. The van der Waals surface area contributed by atoms with Crippen molar-refractivity contribution >= 4 is 44.2 Å². The molecule has 3 heterocycles. The van der Waals surface area contributed by atoms with E-state index in [0.717, 1.165) is 48.6 Å². The van der Waals surface area contributed by atoms with Crippen LogP contribution in [0, 0.1) is 6.92 Å². The number of benzene rings is 1. The fourth-order valence-corrected chi connectivity index (χ4v) is 4.78. The van der Waals surface area contributed by atoms with Gasteiger partial charge in [0.1, 0.15) is 0 Å². The largest absolute Gasteiger partial charge is 0.379 e. The molecule has 1 aromatic carbocycles. The number of aryl methyl sites for hydroxylation is 1. The number of carbonyl (C=O) groups is 1. The van der Waals surface area contributed by atoms with Crippen LogP contribution >= 0.6 is 22.9 Å². The molecule has 0 N–H and O–H groups in total. The maximum atomic E-state index is 13.4. The van der Waals surface area contributed by atoms with E-state index in [4.69, 9.17) is 21.3 Å². The third-order valence-corrected chi connectivity index (χ3v) is 6.80. The molecule has 0 radical (unpaired) electrons. The lowest BCUT2D eigenvalue weighted by molar-refractivity contribution is 0.0391. The number of ether oxygens (including phenoxy) is 1. The Morgan fingerprint density at radius 1 is 1.30 bits per heavy atom. The van der Waals surface area contributed by atoms with Crippen molar-refractivity contribution in [2.24, 2.45) is 0 Å². The Morgan fingerprint density at radius 2 is 2.07 bits per heavy atom. The molecule has 0 atom stereocenters. The molecule has 0 bridgehead atoms. The van der Waals surface area contributed by atoms with Gasteiger partial charge in [0.25, 0.3) is 5.91 Å². The Balaban J connectivity index is 1.66. The number of carbonyl (C=O) groups excluding carboxylic acids is 1. The van der Waals surface area contributed by atoms with E-state index in [2.05, 4.69) is 10.00 Å². The first-order chi connectivity index (χ1) is 14.4. The van der Waals surface area contributed by atoms with Gasteiger partial charge in [-0.25, -0.2) is 4.98 Å². The smallest absolute Gasteiger partial charge is 0.280 e. The number of hydrogen-bond donors (Lipinski definition) is 0. The highest BCUT2D eigenvalue weighted by Crippen LogP contribution is 2.36. The molecule has 0 aliphatic carbocycles. The number of anilines is 1. The van der Waals surface area contributed by atoms with E-state index in [1.807, 2.05) is 39.1 Å². The van der Waals surface area contributed by atoms with Crippen LogP contribution in [0.15, 0.2) is 24.4 Å². The second-order valence-electron chi connectivity index (χ2n) is 7.72. The van der Waals surface area contributed by atoms with Gasteiger partial charge in [0.15, 0.2) is 10.8 Å². The number of fused-ring (bicyclic) bond motifs is 1. The van der Waals surface area contributed by atoms with Crippen molar-refractivity contribution < 1.29 is 9.53 Å². The summed E-state index contributed by atoms with van der Waals surface area (Å²) in [5.41, 5.74) is 2.31. The third-order valence-electron chi connectivity index (χ3n) is 5.26. The van der Waals surface area contributed by atoms with Crippen LogP contribution in [-0.4, -0.2) is 65.0 Å². The number of rotatable bonds is 6. The highest BCUT2D eigenvalue weighted by molar-refractivity contribution is 7.23. The number of morpholine rings is 1. The quantitative estimate of drug-likeness (QED) is 0.571. The average molecular weight is 448 g/mol. The Hall–Kier alpha value is -2.00. The summed E-state index contributed by atoms with van der Waals surface area (Å²) < 4.78 is 8.14. The number of aromatic nitrogens is 3. The van der Waals surface area contributed by atoms with Crippen LogP contribution in [0.3, 0.4) is 0 Å². The van der Waals surface area contributed by atoms with E-state index in [1.165, 1.54) is 11.3 Å². The molecule has 1 aliphatic rings. The summed E-state index contributed by atoms with van der Waals surface area (Å²) in [6.07, 6.45) is 1.84. The summed E-state index contributed by atoms with van der Waals surface area (Å²) in [7, 11) is 0. The second kappa shape index (κ2) is 9.01. The van der Waals surface area contributed by atoms with E-state index in [9.17, 15) is 4.79 Å². The standard InChI is InChI=1S/C21H26ClN5O2S/c1-14(2)27-7-6-17(24-27)20(28)26(9-8-25-10-12-29-13-11-25)21-23-18-15(3)4-5-16(22)19(18)30-21/h4-7,14H,8-13H2,1-3H3. The van der Waals surface area contributed by atoms with E-state index in [1.54, 1.807) is 15.6 Å². The summed E-state index contributed by atoms with van der Waals surface area (Å²) >= 11 is 7.86. The van der Waals surface area contributed by atoms with Crippen LogP contribution in [0.25, 0.3) is 10.2 Å². The molecule has 3 aromatic rings. The van der Waals surface area contributed by atoms with Crippen molar-refractivity contribution in [3.05, 3.63) is 40.7 Å². The predicted octanol–water partition coefficient (Wildman–Crippen LogP) is 4.01. The number of nitrogens with zero attached hydrogens (tertiary/aromatic N) is 5. The molecule has 1 fully saturated rings. The normalized spacial score (nSPS) is 15.2. The molecule has 0 saturated carbocycles. The highest BCUT2D eigenvalue weighted by Gasteiger charge is 2.25. The molecule has 30 heavy (non-hydrogen) atoms. The second-order valence-corrected chi connectivity index (χ2v) is 9.11. The van der Waals surface area contributed by atoms with Crippen LogP contribution in [0.4, 0.5) is 5.13 Å². The summed E-state index contributed by atoms with van der Waals surface area (Å²) in [6.45, 7) is 10.6. The maximum Gasteiger partial charge on any atom is 0.280 e. The predicted molar refractivity (Wildman–Crippen MR) is 121 cm³/mol. The van der Waals surface area contributed by atoms with Gasteiger partial charge in [0.05, 0.1) is 28.5 Å². The van der Waals surface area contributed by atoms with Crippen molar-refractivity contribution in [1.82, 2.24) is 19.7 Å². The summed E-state index contributed by atoms with van der Waals surface area (Å²) in [4.78, 5) is 22.3. The van der Waals surface area contributed by atoms with Crippen molar-refractivity contribution in [1.29, 1.82) is 0 Å². The van der Waals surface area contributed by atoms with E-state index in [0.29, 0.717) is 22.4 Å². The summed E-state index contributed by atoms with van der Waals surface area (Å²) in [6, 6.07) is 5.80. The minimum absolute atomic E-state index is 0.143. The van der Waals surface area contributed by atoms with Gasteiger partial charge in [-0.05, 0) is 38.5 Å². The van der Waals surface area contributed by atoms with Crippen LogP contribution < -0.4 is 4.90 Å². The molecule has 160 valence electrons. The van der Waals surface area contributed by atoms with Gasteiger partial charge in [-0.15, -0.1) is 0 Å². The lowest BCUT2D eigenvalue weighted by Gasteiger charge is -2.29. The van der Waals surface area contributed by atoms with Gasteiger partial charge in [0.2, 0.25) is 0 Å². The minimum atomic E-state index is -0.143. The molecule has 7 nitrogen and oxygen atoms in total. The number of hydrogen-bond acceptors (Lipinski definition) is 6. The van der Waals surface area contributed by atoms with Crippen LogP contribution in [0.5, 0.6) is 0 Å². The summed E-state index contributed by atoms with van der Waals surface area (Å²) in [5.74, 6) is -0.143. The topological polar surface area (TPSA) is 63.5 Å². The third kappa shape index (κ3) is 4.37. The lowest BCUT2D eigenvalue weighted by atomic mass is 10.2. The van der Waals surface area contributed by atoms with Gasteiger partial charge in [-0.1, -0.05) is 29.0 Å². The lowest BCUT2D eigenvalue weighted by Crippen LogP contribution is -2.43. The van der Waals surface area contributed by atoms with Crippen molar-refractivity contribution in [2.75, 3.05) is 44.3 Å². The van der Waals surface area contributed by atoms with Gasteiger partial charge in [0, 0.05) is 38.4 Å². The molecular formula is C21H26ClN5O2S. The van der Waals surface area contributed by atoms with Gasteiger partial charge in [-0.3, -0.25) is 19.3 Å². The van der Waals surface area contributed by atoms with Crippen LogP contribution in [-0.2, 0) is 4.74 Å². The van der Waals surface area contributed by atoms with Crippen molar-refractivity contribution in [2.45, 2.75) is 26.8 Å². The molecule has 0 unspecified atom stereocenters. The van der Waals surface area contributed by atoms with Gasteiger partial charge >= 0.3 is 0 Å². The summed E-state index contributed by atoms with van der Waals surface area (Å²) in [5, 5.41) is 5.79. The average Bonchev–Trinajstić information content (AvgIpc) is 3.40. The number of halogens is 1. The molecule has 9 heteroatoms. The van der Waals surface area contributed by atoms with Crippen molar-refractivity contribution in [3.8, 4) is 0 Å². The number of amides is 1.